The lowest BCUT2D eigenvalue weighted by Gasteiger charge is -2.17. The second kappa shape index (κ2) is 9.17. The van der Waals surface area contributed by atoms with Crippen molar-refractivity contribution in [3.63, 3.8) is 0 Å². The van der Waals surface area contributed by atoms with Crippen molar-refractivity contribution in [2.45, 2.75) is 77.7 Å². The quantitative estimate of drug-likeness (QED) is 0.471. The van der Waals surface area contributed by atoms with Gasteiger partial charge in [-0.2, -0.15) is 0 Å². The molecule has 0 spiro atoms. The average molecular weight is 299 g/mol. The second-order valence-electron chi connectivity index (χ2n) is 5.61. The summed E-state index contributed by atoms with van der Waals surface area (Å²) in [4.78, 5) is 8.84. The maximum atomic E-state index is 5.97. The van der Waals surface area contributed by atoms with Gasteiger partial charge < -0.3 is 4.74 Å². The molecular weight excluding hydrogens is 272 g/mol. The summed E-state index contributed by atoms with van der Waals surface area (Å²) >= 11 is 5.97. The van der Waals surface area contributed by atoms with Gasteiger partial charge in [0.1, 0.15) is 11.5 Å². The van der Waals surface area contributed by atoms with E-state index in [1.807, 2.05) is 0 Å². The van der Waals surface area contributed by atoms with Crippen molar-refractivity contribution in [3.8, 4) is 5.75 Å². The third-order valence-electron chi connectivity index (χ3n) is 3.28. The maximum Gasteiger partial charge on any atom is 0.160 e. The van der Waals surface area contributed by atoms with Gasteiger partial charge in [-0.15, -0.1) is 11.6 Å². The highest BCUT2D eigenvalue weighted by Crippen LogP contribution is 2.22. The van der Waals surface area contributed by atoms with Gasteiger partial charge >= 0.3 is 0 Å². The molecule has 0 fully saturated rings. The SMILES string of the molecule is CCCCCCC(C)Oc1cnc(C(C)C)nc1CCl. The van der Waals surface area contributed by atoms with Crippen molar-refractivity contribution < 1.29 is 4.74 Å². The van der Waals surface area contributed by atoms with E-state index in [1.54, 1.807) is 6.20 Å². The largest absolute Gasteiger partial charge is 0.487 e. The number of ether oxygens (including phenoxy) is 1. The first-order chi connectivity index (χ1) is 9.58. The molecule has 4 heteroatoms. The smallest absolute Gasteiger partial charge is 0.160 e. The lowest BCUT2D eigenvalue weighted by atomic mass is 10.1. The highest BCUT2D eigenvalue weighted by atomic mass is 35.5. The summed E-state index contributed by atoms with van der Waals surface area (Å²) in [5, 5.41) is 0. The van der Waals surface area contributed by atoms with Gasteiger partial charge in [-0.3, -0.25) is 0 Å². The minimum Gasteiger partial charge on any atom is -0.487 e. The third-order valence-corrected chi connectivity index (χ3v) is 3.54. The van der Waals surface area contributed by atoms with E-state index < -0.39 is 0 Å². The van der Waals surface area contributed by atoms with Crippen LogP contribution in [0.2, 0.25) is 0 Å². The van der Waals surface area contributed by atoms with Crippen molar-refractivity contribution in [2.75, 3.05) is 0 Å². The summed E-state index contributed by atoms with van der Waals surface area (Å²) in [6, 6.07) is 0. The Kier molecular flexibility index (Phi) is 7.90. The zero-order chi connectivity index (χ0) is 15.0. The summed E-state index contributed by atoms with van der Waals surface area (Å²) in [6.07, 6.45) is 8.05. The van der Waals surface area contributed by atoms with E-state index in [0.29, 0.717) is 11.8 Å². The number of halogens is 1. The number of rotatable bonds is 9. The normalized spacial score (nSPS) is 12.7. The Morgan fingerprint density at radius 2 is 1.95 bits per heavy atom. The fourth-order valence-corrected chi connectivity index (χ4v) is 2.22. The van der Waals surface area contributed by atoms with Crippen LogP contribution in [0.15, 0.2) is 6.20 Å². The van der Waals surface area contributed by atoms with Crippen LogP contribution in [0.1, 0.15) is 77.2 Å². The number of alkyl halides is 1. The number of aromatic nitrogens is 2. The molecule has 1 atom stereocenters. The van der Waals surface area contributed by atoms with Crippen molar-refractivity contribution in [1.29, 1.82) is 0 Å². The Morgan fingerprint density at radius 1 is 1.20 bits per heavy atom. The Balaban J connectivity index is 2.58. The highest BCUT2D eigenvalue weighted by molar-refractivity contribution is 6.17. The molecule has 0 saturated carbocycles. The highest BCUT2D eigenvalue weighted by Gasteiger charge is 2.12. The molecule has 1 rings (SSSR count). The topological polar surface area (TPSA) is 35.0 Å². The van der Waals surface area contributed by atoms with E-state index in [9.17, 15) is 0 Å². The van der Waals surface area contributed by atoms with Crippen LogP contribution in [-0.2, 0) is 5.88 Å². The predicted molar refractivity (Wildman–Crippen MR) is 84.5 cm³/mol. The Morgan fingerprint density at radius 3 is 2.55 bits per heavy atom. The van der Waals surface area contributed by atoms with Crippen molar-refractivity contribution >= 4 is 11.6 Å². The summed E-state index contributed by atoms with van der Waals surface area (Å²) in [6.45, 7) is 8.47. The summed E-state index contributed by atoms with van der Waals surface area (Å²) in [5.41, 5.74) is 0.797. The number of unbranched alkanes of at least 4 members (excludes halogenated alkanes) is 3. The number of hydrogen-bond acceptors (Lipinski definition) is 3. The molecule has 20 heavy (non-hydrogen) atoms. The molecule has 0 aromatic carbocycles. The lowest BCUT2D eigenvalue weighted by molar-refractivity contribution is 0.203. The van der Waals surface area contributed by atoms with Crippen LogP contribution >= 0.6 is 11.6 Å². The monoisotopic (exact) mass is 298 g/mol. The van der Waals surface area contributed by atoms with E-state index in [4.69, 9.17) is 16.3 Å². The molecule has 0 aliphatic heterocycles. The van der Waals surface area contributed by atoms with E-state index in [0.717, 1.165) is 23.7 Å². The molecule has 114 valence electrons. The van der Waals surface area contributed by atoms with Gasteiger partial charge in [0.2, 0.25) is 0 Å². The van der Waals surface area contributed by atoms with Gasteiger partial charge in [0.15, 0.2) is 5.75 Å². The molecule has 1 heterocycles. The molecule has 0 aliphatic carbocycles. The van der Waals surface area contributed by atoms with Crippen LogP contribution in [0.5, 0.6) is 5.75 Å². The molecule has 1 aromatic rings. The van der Waals surface area contributed by atoms with Crippen LogP contribution in [0.25, 0.3) is 0 Å². The van der Waals surface area contributed by atoms with Crippen molar-refractivity contribution in [3.05, 3.63) is 17.7 Å². The minimum absolute atomic E-state index is 0.183. The zero-order valence-corrected chi connectivity index (χ0v) is 13.9. The first kappa shape index (κ1) is 17.2. The van der Waals surface area contributed by atoms with Gasteiger partial charge in [0.25, 0.3) is 0 Å². The zero-order valence-electron chi connectivity index (χ0n) is 13.2. The predicted octanol–water partition coefficient (Wildman–Crippen LogP) is 5.08. The Bertz CT molecular complexity index is 396. The Hall–Kier alpha value is -0.830. The molecule has 1 unspecified atom stereocenters. The fourth-order valence-electron chi connectivity index (χ4n) is 2.03. The minimum atomic E-state index is 0.183. The molecule has 0 N–H and O–H groups in total. The van der Waals surface area contributed by atoms with Crippen LogP contribution in [-0.4, -0.2) is 16.1 Å². The molecule has 1 aromatic heterocycles. The number of nitrogens with zero attached hydrogens (tertiary/aromatic N) is 2. The number of hydrogen-bond donors (Lipinski definition) is 0. The van der Waals surface area contributed by atoms with E-state index >= 15 is 0 Å². The molecule has 0 saturated heterocycles. The van der Waals surface area contributed by atoms with Crippen molar-refractivity contribution in [2.24, 2.45) is 0 Å². The summed E-state index contributed by atoms with van der Waals surface area (Å²) < 4.78 is 5.94. The van der Waals surface area contributed by atoms with Gasteiger partial charge in [0.05, 0.1) is 18.2 Å². The van der Waals surface area contributed by atoms with Crippen LogP contribution < -0.4 is 4.74 Å². The lowest BCUT2D eigenvalue weighted by Crippen LogP contribution is -2.14. The molecular formula is C16H27ClN2O. The second-order valence-corrected chi connectivity index (χ2v) is 5.87. The van der Waals surface area contributed by atoms with Gasteiger partial charge in [0, 0.05) is 5.92 Å². The van der Waals surface area contributed by atoms with E-state index in [-0.39, 0.29) is 6.10 Å². The van der Waals surface area contributed by atoms with Gasteiger partial charge in [-0.1, -0.05) is 40.0 Å². The van der Waals surface area contributed by atoms with Crippen molar-refractivity contribution in [1.82, 2.24) is 9.97 Å². The molecule has 3 nitrogen and oxygen atoms in total. The molecule has 0 bridgehead atoms. The maximum absolute atomic E-state index is 5.97. The summed E-state index contributed by atoms with van der Waals surface area (Å²) in [7, 11) is 0. The van der Waals surface area contributed by atoms with Crippen LogP contribution in [0.3, 0.4) is 0 Å². The van der Waals surface area contributed by atoms with Gasteiger partial charge in [-0.25, -0.2) is 9.97 Å². The third kappa shape index (κ3) is 5.66. The molecule has 0 radical (unpaired) electrons. The first-order valence-electron chi connectivity index (χ1n) is 7.66. The van der Waals surface area contributed by atoms with Gasteiger partial charge in [-0.05, 0) is 19.8 Å². The van der Waals surface area contributed by atoms with Crippen LogP contribution in [0.4, 0.5) is 0 Å². The van der Waals surface area contributed by atoms with E-state index in [1.165, 1.54) is 25.7 Å². The standard InChI is InChI=1S/C16H27ClN2O/c1-5-6-7-8-9-13(4)20-15-11-18-16(12(2)3)19-14(15)10-17/h11-13H,5-10H2,1-4H3. The summed E-state index contributed by atoms with van der Waals surface area (Å²) in [5.74, 6) is 2.22. The molecule has 0 amide bonds. The Labute approximate surface area is 128 Å². The first-order valence-corrected chi connectivity index (χ1v) is 8.20. The van der Waals surface area contributed by atoms with E-state index in [2.05, 4.69) is 37.7 Å². The van der Waals surface area contributed by atoms with Crippen LogP contribution in [0, 0.1) is 0 Å². The molecule has 0 aliphatic rings. The fraction of sp³-hybridized carbons (Fsp3) is 0.750. The average Bonchev–Trinajstić information content (AvgIpc) is 2.43.